The van der Waals surface area contributed by atoms with Crippen molar-refractivity contribution in [1.82, 2.24) is 10.2 Å². The number of amides is 1. The van der Waals surface area contributed by atoms with Crippen molar-refractivity contribution < 1.29 is 14.3 Å². The molecule has 0 rings (SSSR count). The molecule has 0 aliphatic heterocycles. The summed E-state index contributed by atoms with van der Waals surface area (Å²) in [6.07, 6.45) is 0.121. The Morgan fingerprint density at radius 1 is 1.32 bits per heavy atom. The second-order valence-corrected chi connectivity index (χ2v) is 3.94. The lowest BCUT2D eigenvalue weighted by Gasteiger charge is -2.17. The molecule has 8 heteroatoms. The van der Waals surface area contributed by atoms with Crippen LogP contribution in [0.2, 0.25) is 0 Å². The van der Waals surface area contributed by atoms with Gasteiger partial charge in [0.1, 0.15) is 0 Å². The van der Waals surface area contributed by atoms with Crippen LogP contribution in [-0.4, -0.2) is 71.0 Å². The van der Waals surface area contributed by atoms with Crippen LogP contribution in [0.3, 0.4) is 0 Å². The van der Waals surface area contributed by atoms with E-state index in [1.807, 2.05) is 7.05 Å². The zero-order valence-corrected chi connectivity index (χ0v) is 13.5. The van der Waals surface area contributed by atoms with E-state index in [2.05, 4.69) is 10.2 Å². The molecule has 19 heavy (non-hydrogen) atoms. The molecule has 0 saturated heterocycles. The number of nitrogens with zero attached hydrogens (tertiary/aromatic N) is 1. The van der Waals surface area contributed by atoms with Crippen LogP contribution in [0.5, 0.6) is 0 Å². The molecule has 0 saturated carbocycles. The van der Waals surface area contributed by atoms with Crippen molar-refractivity contribution in [1.29, 1.82) is 0 Å². The second kappa shape index (κ2) is 15.9. The van der Waals surface area contributed by atoms with Gasteiger partial charge < -0.3 is 25.4 Å². The summed E-state index contributed by atoms with van der Waals surface area (Å²) in [5.41, 5.74) is 5.44. The van der Waals surface area contributed by atoms with Gasteiger partial charge in [0.05, 0.1) is 19.1 Å². The third-order valence-electron chi connectivity index (χ3n) is 2.50. The number of hydrogen-bond acceptors (Lipinski definition) is 5. The molecule has 0 aromatic rings. The van der Waals surface area contributed by atoms with Crippen molar-refractivity contribution in [2.45, 2.75) is 12.5 Å². The average molecular weight is 320 g/mol. The van der Waals surface area contributed by atoms with Gasteiger partial charge in [0.2, 0.25) is 5.91 Å². The maximum absolute atomic E-state index is 11.5. The minimum absolute atomic E-state index is 0. The van der Waals surface area contributed by atoms with Crippen molar-refractivity contribution >= 4 is 30.7 Å². The lowest BCUT2D eigenvalue weighted by molar-refractivity contribution is -0.123. The van der Waals surface area contributed by atoms with Crippen LogP contribution in [0.15, 0.2) is 0 Å². The lowest BCUT2D eigenvalue weighted by atomic mass is 10.2. The molecule has 6 nitrogen and oxygen atoms in total. The summed E-state index contributed by atoms with van der Waals surface area (Å²) >= 11 is 0. The van der Waals surface area contributed by atoms with E-state index >= 15 is 0 Å². The molecule has 3 N–H and O–H groups in total. The smallest absolute Gasteiger partial charge is 0.222 e. The van der Waals surface area contributed by atoms with Gasteiger partial charge in [0, 0.05) is 40.4 Å². The summed E-state index contributed by atoms with van der Waals surface area (Å²) in [4.78, 5) is 13.6. The molecular formula is C11H27Cl2N3O3. The van der Waals surface area contributed by atoms with Crippen LogP contribution in [-0.2, 0) is 14.3 Å². The molecule has 0 aliphatic rings. The number of hydrogen-bond donors (Lipinski definition) is 2. The first-order valence-electron chi connectivity index (χ1n) is 5.81. The molecule has 0 aromatic heterocycles. The zero-order valence-electron chi connectivity index (χ0n) is 11.9. The molecule has 0 heterocycles. The number of carbonyl (C=O) groups is 1. The van der Waals surface area contributed by atoms with E-state index in [-0.39, 0.29) is 36.8 Å². The fourth-order valence-corrected chi connectivity index (χ4v) is 1.29. The molecule has 0 radical (unpaired) electrons. The number of methoxy groups -OCH3 is 2. The molecule has 1 unspecified atom stereocenters. The third kappa shape index (κ3) is 14.1. The molecule has 0 aromatic carbocycles. The molecule has 0 bridgehead atoms. The summed E-state index contributed by atoms with van der Waals surface area (Å²) in [7, 11) is 5.22. The van der Waals surface area contributed by atoms with Gasteiger partial charge in [-0.3, -0.25) is 4.79 Å². The Kier molecular flexibility index (Phi) is 20.1. The molecule has 118 valence electrons. The van der Waals surface area contributed by atoms with Gasteiger partial charge in [-0.2, -0.15) is 0 Å². The number of rotatable bonds is 10. The molecule has 1 amide bonds. The molecular weight excluding hydrogens is 293 g/mol. The fraction of sp³-hybridized carbons (Fsp3) is 0.909. The maximum atomic E-state index is 11.5. The normalized spacial score (nSPS) is 11.4. The Labute approximate surface area is 128 Å². The number of halogens is 2. The van der Waals surface area contributed by atoms with Crippen molar-refractivity contribution in [3.8, 4) is 0 Å². The topological polar surface area (TPSA) is 76.8 Å². The number of nitrogens with one attached hydrogen (secondary N) is 1. The Balaban J connectivity index is -0.00000128. The Morgan fingerprint density at radius 3 is 2.42 bits per heavy atom. The van der Waals surface area contributed by atoms with E-state index in [0.717, 1.165) is 13.1 Å². The first kappa shape index (κ1) is 23.9. The molecule has 0 aliphatic carbocycles. The lowest BCUT2D eigenvalue weighted by Crippen LogP contribution is -2.37. The minimum atomic E-state index is -0.193. The average Bonchev–Trinajstić information content (AvgIpc) is 2.33. The summed E-state index contributed by atoms with van der Waals surface area (Å²) in [6, 6.07) is 0. The Hall–Kier alpha value is -0.110. The predicted octanol–water partition coefficient (Wildman–Crippen LogP) is -0.112. The quantitative estimate of drug-likeness (QED) is 0.587. The maximum Gasteiger partial charge on any atom is 0.222 e. The van der Waals surface area contributed by atoms with E-state index < -0.39 is 0 Å². The van der Waals surface area contributed by atoms with Gasteiger partial charge in [-0.15, -0.1) is 24.8 Å². The molecule has 0 fully saturated rings. The number of carbonyl (C=O) groups excluding carboxylic acids is 1. The summed E-state index contributed by atoms with van der Waals surface area (Å²) in [6.45, 7) is 3.34. The first-order valence-corrected chi connectivity index (χ1v) is 5.81. The van der Waals surface area contributed by atoms with E-state index in [9.17, 15) is 4.79 Å². The van der Waals surface area contributed by atoms with E-state index in [1.165, 1.54) is 0 Å². The minimum Gasteiger partial charge on any atom is -0.383 e. The Morgan fingerprint density at radius 2 is 1.95 bits per heavy atom. The highest BCUT2D eigenvalue weighted by atomic mass is 35.5. The van der Waals surface area contributed by atoms with Crippen molar-refractivity contribution in [2.75, 3.05) is 54.1 Å². The zero-order chi connectivity index (χ0) is 13.1. The van der Waals surface area contributed by atoms with Crippen LogP contribution in [0.25, 0.3) is 0 Å². The van der Waals surface area contributed by atoms with E-state index in [4.69, 9.17) is 15.2 Å². The van der Waals surface area contributed by atoms with Crippen molar-refractivity contribution in [3.63, 3.8) is 0 Å². The molecule has 1 atom stereocenters. The van der Waals surface area contributed by atoms with Crippen LogP contribution in [0.1, 0.15) is 6.42 Å². The standard InChI is InChI=1S/C11H25N3O3.2ClH/c1-14(6-7-16-2)5-4-13-11(15)8-10(9-12)17-3;;/h10H,4-9,12H2,1-3H3,(H,13,15);2*1H. The summed E-state index contributed by atoms with van der Waals surface area (Å²) < 4.78 is 10.0. The van der Waals surface area contributed by atoms with Gasteiger partial charge in [-0.05, 0) is 7.05 Å². The predicted molar refractivity (Wildman–Crippen MR) is 81.3 cm³/mol. The SMILES string of the molecule is COCCN(C)CCNC(=O)CC(CN)OC.Cl.Cl. The van der Waals surface area contributed by atoms with Crippen LogP contribution in [0.4, 0.5) is 0 Å². The monoisotopic (exact) mass is 319 g/mol. The van der Waals surface area contributed by atoms with E-state index in [1.54, 1.807) is 14.2 Å². The highest BCUT2D eigenvalue weighted by molar-refractivity contribution is 5.85. The largest absolute Gasteiger partial charge is 0.383 e. The highest BCUT2D eigenvalue weighted by Gasteiger charge is 2.10. The third-order valence-corrected chi connectivity index (χ3v) is 2.50. The summed E-state index contributed by atoms with van der Waals surface area (Å²) in [5.74, 6) is -0.0255. The highest BCUT2D eigenvalue weighted by Crippen LogP contribution is 1.94. The van der Waals surface area contributed by atoms with Gasteiger partial charge >= 0.3 is 0 Å². The van der Waals surface area contributed by atoms with Crippen molar-refractivity contribution in [2.24, 2.45) is 5.73 Å². The number of ether oxygens (including phenoxy) is 2. The van der Waals surface area contributed by atoms with Crippen molar-refractivity contribution in [3.05, 3.63) is 0 Å². The van der Waals surface area contributed by atoms with E-state index in [0.29, 0.717) is 26.1 Å². The van der Waals surface area contributed by atoms with Gasteiger partial charge in [0.15, 0.2) is 0 Å². The van der Waals surface area contributed by atoms with Gasteiger partial charge in [0.25, 0.3) is 0 Å². The fourth-order valence-electron chi connectivity index (χ4n) is 1.29. The second-order valence-electron chi connectivity index (χ2n) is 3.94. The van der Waals surface area contributed by atoms with Crippen LogP contribution < -0.4 is 11.1 Å². The number of nitrogens with two attached hydrogens (primary N) is 1. The molecule has 0 spiro atoms. The van der Waals surface area contributed by atoms with Crippen LogP contribution >= 0.6 is 24.8 Å². The van der Waals surface area contributed by atoms with Crippen LogP contribution in [0, 0.1) is 0 Å². The van der Waals surface area contributed by atoms with Gasteiger partial charge in [-0.1, -0.05) is 0 Å². The van der Waals surface area contributed by atoms with Gasteiger partial charge in [-0.25, -0.2) is 0 Å². The summed E-state index contributed by atoms with van der Waals surface area (Å²) in [5, 5.41) is 2.83. The number of likely N-dealkylation sites (N-methyl/N-ethyl adjacent to an activating group) is 1. The first-order chi connectivity index (χ1) is 8.13. The Bertz CT molecular complexity index is 208.